The summed E-state index contributed by atoms with van der Waals surface area (Å²) in [7, 11) is 5.74. The van der Waals surface area contributed by atoms with Gasteiger partial charge in [0, 0.05) is 58.0 Å². The van der Waals surface area contributed by atoms with Crippen molar-refractivity contribution in [1.29, 1.82) is 0 Å². The highest BCUT2D eigenvalue weighted by Gasteiger charge is 2.25. The van der Waals surface area contributed by atoms with Gasteiger partial charge in [-0.25, -0.2) is 0 Å². The normalized spacial score (nSPS) is 15.9. The quantitative estimate of drug-likeness (QED) is 0.614. The van der Waals surface area contributed by atoms with Gasteiger partial charge in [0.2, 0.25) is 0 Å². The molecule has 1 amide bonds. The van der Waals surface area contributed by atoms with Crippen molar-refractivity contribution in [2.24, 2.45) is 7.05 Å². The number of aromatic nitrogens is 1. The molecule has 2 heterocycles. The standard InChI is InChI=1S/C25H29N3O3/c1-26(2)19-12-10-18(11-13-19)16-28(17-20-7-6-14-31-20)25(30)22-15-24(29)27(3)23-9-5-4-8-21(22)23/h4-5,8-13,15,20H,6-7,14,16-17H2,1-3H3. The highest BCUT2D eigenvalue weighted by molar-refractivity contribution is 6.06. The molecule has 0 saturated carbocycles. The molecular weight excluding hydrogens is 390 g/mol. The van der Waals surface area contributed by atoms with E-state index in [4.69, 9.17) is 4.74 Å². The summed E-state index contributed by atoms with van der Waals surface area (Å²) in [6.07, 6.45) is 1.99. The molecule has 162 valence electrons. The number of hydrogen-bond acceptors (Lipinski definition) is 4. The molecule has 31 heavy (non-hydrogen) atoms. The lowest BCUT2D eigenvalue weighted by atomic mass is 10.1. The summed E-state index contributed by atoms with van der Waals surface area (Å²) in [6, 6.07) is 17.2. The van der Waals surface area contributed by atoms with Crippen LogP contribution in [0.4, 0.5) is 5.69 Å². The van der Waals surface area contributed by atoms with Gasteiger partial charge in [-0.15, -0.1) is 0 Å². The first-order valence-electron chi connectivity index (χ1n) is 10.7. The molecule has 0 radical (unpaired) electrons. The first-order valence-corrected chi connectivity index (χ1v) is 10.7. The van der Waals surface area contributed by atoms with Crippen molar-refractivity contribution in [3.63, 3.8) is 0 Å². The number of hydrogen-bond donors (Lipinski definition) is 0. The van der Waals surface area contributed by atoms with Crippen molar-refractivity contribution in [2.75, 3.05) is 32.1 Å². The second-order valence-corrected chi connectivity index (χ2v) is 8.35. The number of carbonyl (C=O) groups is 1. The van der Waals surface area contributed by atoms with E-state index in [-0.39, 0.29) is 17.6 Å². The number of pyridine rings is 1. The third kappa shape index (κ3) is 4.49. The first-order chi connectivity index (χ1) is 14.9. The molecule has 1 unspecified atom stereocenters. The van der Waals surface area contributed by atoms with E-state index in [0.29, 0.717) is 18.7 Å². The van der Waals surface area contributed by atoms with Crippen LogP contribution in [-0.4, -0.2) is 48.7 Å². The fourth-order valence-corrected chi connectivity index (χ4v) is 4.13. The molecule has 3 aromatic rings. The molecule has 0 N–H and O–H groups in total. The van der Waals surface area contributed by atoms with Crippen LogP contribution in [0.3, 0.4) is 0 Å². The van der Waals surface area contributed by atoms with E-state index in [2.05, 4.69) is 12.1 Å². The molecule has 6 heteroatoms. The number of rotatable bonds is 6. The van der Waals surface area contributed by atoms with Crippen molar-refractivity contribution >= 4 is 22.5 Å². The van der Waals surface area contributed by atoms with E-state index in [9.17, 15) is 9.59 Å². The molecule has 0 aliphatic carbocycles. The largest absolute Gasteiger partial charge is 0.378 e. The molecule has 0 bridgehead atoms. The van der Waals surface area contributed by atoms with Gasteiger partial charge in [0.05, 0.1) is 17.2 Å². The molecular formula is C25H29N3O3. The second kappa shape index (κ2) is 8.94. The Morgan fingerprint density at radius 1 is 1.13 bits per heavy atom. The summed E-state index contributed by atoms with van der Waals surface area (Å²) in [6.45, 7) is 1.72. The van der Waals surface area contributed by atoms with Crippen LogP contribution >= 0.6 is 0 Å². The van der Waals surface area contributed by atoms with Gasteiger partial charge >= 0.3 is 0 Å². The number of ether oxygens (including phenoxy) is 1. The molecule has 1 saturated heterocycles. The molecule has 4 rings (SSSR count). The Morgan fingerprint density at radius 3 is 2.55 bits per heavy atom. The fraction of sp³-hybridized carbons (Fsp3) is 0.360. The maximum atomic E-state index is 13.7. The summed E-state index contributed by atoms with van der Waals surface area (Å²) in [5.74, 6) is -0.138. The Balaban J connectivity index is 1.69. The van der Waals surface area contributed by atoms with Gasteiger partial charge in [-0.1, -0.05) is 30.3 Å². The fourth-order valence-electron chi connectivity index (χ4n) is 4.13. The second-order valence-electron chi connectivity index (χ2n) is 8.35. The van der Waals surface area contributed by atoms with Crippen LogP contribution in [-0.2, 0) is 18.3 Å². The number of carbonyl (C=O) groups excluding carboxylic acids is 1. The van der Waals surface area contributed by atoms with Gasteiger partial charge in [-0.3, -0.25) is 9.59 Å². The van der Waals surface area contributed by atoms with E-state index in [0.717, 1.165) is 41.6 Å². The zero-order chi connectivity index (χ0) is 22.0. The smallest absolute Gasteiger partial charge is 0.255 e. The molecule has 1 atom stereocenters. The van der Waals surface area contributed by atoms with Gasteiger partial charge in [-0.2, -0.15) is 0 Å². The summed E-state index contributed by atoms with van der Waals surface area (Å²) in [5.41, 5.74) is 3.17. The number of amides is 1. The minimum Gasteiger partial charge on any atom is -0.378 e. The van der Waals surface area contributed by atoms with Crippen molar-refractivity contribution in [3.8, 4) is 0 Å². The van der Waals surface area contributed by atoms with Crippen LogP contribution < -0.4 is 10.5 Å². The van der Waals surface area contributed by atoms with Crippen molar-refractivity contribution in [3.05, 3.63) is 76.1 Å². The van der Waals surface area contributed by atoms with Crippen LogP contribution in [0, 0.1) is 0 Å². The Bertz CT molecular complexity index is 1130. The molecule has 1 aliphatic heterocycles. The molecule has 1 aliphatic rings. The topological polar surface area (TPSA) is 54.8 Å². The van der Waals surface area contributed by atoms with Crippen molar-refractivity contribution in [1.82, 2.24) is 9.47 Å². The summed E-state index contributed by atoms with van der Waals surface area (Å²) < 4.78 is 7.40. The van der Waals surface area contributed by atoms with E-state index >= 15 is 0 Å². The predicted molar refractivity (Wildman–Crippen MR) is 124 cm³/mol. The van der Waals surface area contributed by atoms with Crippen molar-refractivity contribution in [2.45, 2.75) is 25.5 Å². The Kier molecular flexibility index (Phi) is 6.09. The monoisotopic (exact) mass is 419 g/mol. The Labute approximate surface area is 182 Å². The SMILES string of the molecule is CN(C)c1ccc(CN(CC2CCCO2)C(=O)c2cc(=O)n(C)c3ccccc23)cc1. The number of benzene rings is 2. The van der Waals surface area contributed by atoms with Gasteiger partial charge in [-0.05, 0) is 36.6 Å². The maximum absolute atomic E-state index is 13.7. The van der Waals surface area contributed by atoms with Gasteiger partial charge in [0.1, 0.15) is 0 Å². The van der Waals surface area contributed by atoms with Gasteiger partial charge in [0.15, 0.2) is 0 Å². The first kappa shape index (κ1) is 21.1. The van der Waals surface area contributed by atoms with Crippen molar-refractivity contribution < 1.29 is 9.53 Å². The van der Waals surface area contributed by atoms with Crippen LogP contribution in [0.1, 0.15) is 28.8 Å². The van der Waals surface area contributed by atoms with Gasteiger partial charge < -0.3 is 19.1 Å². The van der Waals surface area contributed by atoms with E-state index in [1.807, 2.05) is 60.3 Å². The number of para-hydroxylation sites is 1. The zero-order valence-electron chi connectivity index (χ0n) is 18.4. The average Bonchev–Trinajstić information content (AvgIpc) is 3.29. The van der Waals surface area contributed by atoms with Crippen LogP contribution in [0.5, 0.6) is 0 Å². The van der Waals surface area contributed by atoms with Crippen LogP contribution in [0.25, 0.3) is 10.9 Å². The summed E-state index contributed by atoms with van der Waals surface area (Å²) in [5, 5.41) is 0.787. The maximum Gasteiger partial charge on any atom is 0.255 e. The van der Waals surface area contributed by atoms with E-state index in [1.54, 1.807) is 11.6 Å². The Morgan fingerprint density at radius 2 is 1.87 bits per heavy atom. The molecule has 1 fully saturated rings. The zero-order valence-corrected chi connectivity index (χ0v) is 18.4. The third-order valence-electron chi connectivity index (χ3n) is 5.95. The van der Waals surface area contributed by atoms with Crippen LogP contribution in [0.15, 0.2) is 59.4 Å². The highest BCUT2D eigenvalue weighted by Crippen LogP contribution is 2.22. The van der Waals surface area contributed by atoms with Gasteiger partial charge in [0.25, 0.3) is 11.5 Å². The lowest BCUT2D eigenvalue weighted by Crippen LogP contribution is -2.37. The number of aryl methyl sites for hydroxylation is 1. The van der Waals surface area contributed by atoms with E-state index in [1.165, 1.54) is 6.07 Å². The minimum absolute atomic E-state index is 0.0304. The number of nitrogens with zero attached hydrogens (tertiary/aromatic N) is 3. The van der Waals surface area contributed by atoms with E-state index < -0.39 is 0 Å². The third-order valence-corrected chi connectivity index (χ3v) is 5.95. The number of anilines is 1. The van der Waals surface area contributed by atoms with Crippen LogP contribution in [0.2, 0.25) is 0 Å². The average molecular weight is 420 g/mol. The summed E-state index contributed by atoms with van der Waals surface area (Å²) in [4.78, 5) is 30.1. The lowest BCUT2D eigenvalue weighted by Gasteiger charge is -2.26. The molecule has 1 aromatic heterocycles. The molecule has 0 spiro atoms. The highest BCUT2D eigenvalue weighted by atomic mass is 16.5. The Hall–Kier alpha value is -3.12. The minimum atomic E-state index is -0.186. The number of fused-ring (bicyclic) bond motifs is 1. The molecule has 2 aromatic carbocycles. The molecule has 6 nitrogen and oxygen atoms in total. The lowest BCUT2D eigenvalue weighted by molar-refractivity contribution is 0.0508. The predicted octanol–water partition coefficient (Wildman–Crippen LogP) is 3.43. The summed E-state index contributed by atoms with van der Waals surface area (Å²) >= 11 is 0.